The van der Waals surface area contributed by atoms with Gasteiger partial charge >= 0.3 is 0 Å². The molecule has 0 saturated carbocycles. The zero-order chi connectivity index (χ0) is 18.3. The Morgan fingerprint density at radius 3 is 2.88 bits per heavy atom. The molecular formula is C18H19N5O2S. The van der Waals surface area contributed by atoms with E-state index in [9.17, 15) is 4.79 Å². The number of aryl methyl sites for hydroxylation is 1. The summed E-state index contributed by atoms with van der Waals surface area (Å²) < 4.78 is 5.24. The smallest absolute Gasteiger partial charge is 0.220 e. The molecule has 2 aromatic rings. The highest BCUT2D eigenvalue weighted by Crippen LogP contribution is 2.43. The van der Waals surface area contributed by atoms with E-state index in [-0.39, 0.29) is 28.9 Å². The maximum atomic E-state index is 12.7. The number of nitrogen functional groups attached to an aromatic ring is 1. The predicted octanol–water partition coefficient (Wildman–Crippen LogP) is 2.40. The number of fused-ring (bicyclic) bond motifs is 1. The second-order valence-electron chi connectivity index (χ2n) is 6.49. The van der Waals surface area contributed by atoms with Crippen LogP contribution in [0.25, 0.3) is 0 Å². The largest absolute Gasteiger partial charge is 0.481 e. The van der Waals surface area contributed by atoms with Gasteiger partial charge in [-0.3, -0.25) is 9.79 Å². The number of aliphatic imine (C=N–C) groups is 1. The topological polar surface area (TPSA) is 103 Å². The maximum absolute atomic E-state index is 12.7. The monoisotopic (exact) mass is 369 g/mol. The fourth-order valence-electron chi connectivity index (χ4n) is 3.71. The van der Waals surface area contributed by atoms with Crippen molar-refractivity contribution in [1.29, 1.82) is 0 Å². The summed E-state index contributed by atoms with van der Waals surface area (Å²) in [6.07, 6.45) is 1.10. The van der Waals surface area contributed by atoms with Crippen LogP contribution in [0.1, 0.15) is 39.1 Å². The molecule has 1 aliphatic carbocycles. The number of rotatable bonds is 3. The molecule has 2 aromatic heterocycles. The van der Waals surface area contributed by atoms with Crippen molar-refractivity contribution in [1.82, 2.24) is 15.0 Å². The minimum Gasteiger partial charge on any atom is -0.481 e. The Labute approximate surface area is 155 Å². The number of anilines is 1. The van der Waals surface area contributed by atoms with Gasteiger partial charge in [-0.1, -0.05) is 6.07 Å². The predicted molar refractivity (Wildman–Crippen MR) is 101 cm³/mol. The number of carbonyl (C=O) groups excluding carboxylic acids is 1. The van der Waals surface area contributed by atoms with E-state index in [1.165, 1.54) is 0 Å². The van der Waals surface area contributed by atoms with Gasteiger partial charge in [-0.05, 0) is 25.3 Å². The Morgan fingerprint density at radius 2 is 2.08 bits per heavy atom. The third-order valence-electron chi connectivity index (χ3n) is 4.84. The molecule has 1 aliphatic heterocycles. The summed E-state index contributed by atoms with van der Waals surface area (Å²) in [7, 11) is 1.60. The lowest BCUT2D eigenvalue weighted by atomic mass is 9.79. The number of nitrogens with zero attached hydrogens (tertiary/aromatic N) is 4. The molecule has 7 nitrogen and oxygen atoms in total. The van der Waals surface area contributed by atoms with Gasteiger partial charge in [0.05, 0.1) is 46.6 Å². The Balaban J connectivity index is 1.64. The number of carbonyl (C=O) groups is 1. The molecule has 134 valence electrons. The van der Waals surface area contributed by atoms with Crippen molar-refractivity contribution in [2.75, 3.05) is 12.8 Å². The molecule has 8 heteroatoms. The van der Waals surface area contributed by atoms with Gasteiger partial charge in [0.15, 0.2) is 5.78 Å². The highest BCUT2D eigenvalue weighted by Gasteiger charge is 2.39. The van der Waals surface area contributed by atoms with Crippen LogP contribution in [-0.2, 0) is 6.42 Å². The highest BCUT2D eigenvalue weighted by atomic mass is 32.2. The zero-order valence-corrected chi connectivity index (χ0v) is 15.4. The molecule has 0 spiro atoms. The molecule has 2 aliphatic rings. The quantitative estimate of drug-likeness (QED) is 0.886. The summed E-state index contributed by atoms with van der Waals surface area (Å²) in [4.78, 5) is 30.4. The van der Waals surface area contributed by atoms with E-state index >= 15 is 0 Å². The number of thioether (sulfide) groups is 1. The van der Waals surface area contributed by atoms with Crippen molar-refractivity contribution >= 4 is 29.0 Å². The highest BCUT2D eigenvalue weighted by molar-refractivity contribution is 8.12. The van der Waals surface area contributed by atoms with Crippen molar-refractivity contribution in [3.63, 3.8) is 0 Å². The number of aromatic nitrogens is 3. The molecule has 0 aromatic carbocycles. The fraction of sp³-hybridized carbons (Fsp3) is 0.389. The van der Waals surface area contributed by atoms with Crippen LogP contribution in [0.15, 0.2) is 23.2 Å². The number of nitrogens with two attached hydrogens (primary N) is 1. The number of hydrogen-bond acceptors (Lipinski definition) is 8. The van der Waals surface area contributed by atoms with Gasteiger partial charge < -0.3 is 10.5 Å². The molecule has 2 N–H and O–H groups in total. The summed E-state index contributed by atoms with van der Waals surface area (Å²) in [5.74, 6) is 0.922. The molecule has 0 saturated heterocycles. The summed E-state index contributed by atoms with van der Waals surface area (Å²) in [6.45, 7) is 1.81. The van der Waals surface area contributed by atoms with E-state index in [4.69, 9.17) is 10.5 Å². The van der Waals surface area contributed by atoms with E-state index < -0.39 is 0 Å². The van der Waals surface area contributed by atoms with Gasteiger partial charge in [0.1, 0.15) is 0 Å². The normalized spacial score (nSPS) is 24.5. The second-order valence-corrected chi connectivity index (χ2v) is 7.48. The van der Waals surface area contributed by atoms with E-state index in [0.717, 1.165) is 11.4 Å². The van der Waals surface area contributed by atoms with Crippen LogP contribution in [0.2, 0.25) is 0 Å². The third kappa shape index (κ3) is 2.94. The minimum absolute atomic E-state index is 0.0341. The Morgan fingerprint density at radius 1 is 1.23 bits per heavy atom. The van der Waals surface area contributed by atoms with Crippen molar-refractivity contribution in [2.45, 2.75) is 31.1 Å². The molecule has 0 bridgehead atoms. The van der Waals surface area contributed by atoms with Crippen LogP contribution in [0.4, 0.5) is 5.95 Å². The SMILES string of the molecule is COc1cccc(C2SC=NC2[C@H]2CC(=O)c3c(C)nc(N)nc3C2)n1. The standard InChI is InChI=1S/C18H19N5O2S/c1-9-15-12(23-18(19)21-9)6-10(7-13(15)24)16-17(26-8-20-16)11-4-3-5-14(22-11)25-2/h3-5,8,10,16-17H,6-7H2,1-2H3,(H2,19,21,23)/t10-,16?,17?/m1/s1. The van der Waals surface area contributed by atoms with E-state index in [1.54, 1.807) is 18.9 Å². The lowest BCUT2D eigenvalue weighted by Gasteiger charge is -2.30. The van der Waals surface area contributed by atoms with Crippen molar-refractivity contribution in [3.8, 4) is 5.88 Å². The minimum atomic E-state index is -0.0341. The van der Waals surface area contributed by atoms with E-state index in [2.05, 4.69) is 19.9 Å². The summed E-state index contributed by atoms with van der Waals surface area (Å²) in [5, 5.41) is 0.0599. The number of Topliss-reactive ketones (excluding diaryl/α,β-unsaturated/α-hetero) is 1. The third-order valence-corrected chi connectivity index (χ3v) is 5.90. The van der Waals surface area contributed by atoms with Gasteiger partial charge in [0, 0.05) is 12.5 Å². The number of hydrogen-bond donors (Lipinski definition) is 1. The van der Waals surface area contributed by atoms with Crippen LogP contribution in [0.5, 0.6) is 5.88 Å². The molecule has 0 radical (unpaired) electrons. The van der Waals surface area contributed by atoms with Gasteiger partial charge in [0.2, 0.25) is 11.8 Å². The number of methoxy groups -OCH3 is 1. The number of pyridine rings is 1. The van der Waals surface area contributed by atoms with Gasteiger partial charge in [-0.15, -0.1) is 11.8 Å². The fourth-order valence-corrected chi connectivity index (χ4v) is 4.78. The van der Waals surface area contributed by atoms with Crippen LogP contribution in [0, 0.1) is 12.8 Å². The summed E-state index contributed by atoms with van der Waals surface area (Å²) in [5.41, 5.74) is 10.6. The summed E-state index contributed by atoms with van der Waals surface area (Å²) >= 11 is 1.63. The molecule has 3 heterocycles. The molecule has 0 amide bonds. The van der Waals surface area contributed by atoms with Gasteiger partial charge in [-0.25, -0.2) is 15.0 Å². The molecule has 3 atom stereocenters. The van der Waals surface area contributed by atoms with Crippen molar-refractivity contribution < 1.29 is 9.53 Å². The Kier molecular flexibility index (Phi) is 4.36. The number of ether oxygens (including phenoxy) is 1. The molecule has 0 fully saturated rings. The van der Waals surface area contributed by atoms with Gasteiger partial charge in [0.25, 0.3) is 0 Å². The second kappa shape index (κ2) is 6.68. The van der Waals surface area contributed by atoms with E-state index in [1.807, 2.05) is 30.7 Å². The first-order chi connectivity index (χ1) is 12.6. The first-order valence-corrected chi connectivity index (χ1v) is 9.35. The van der Waals surface area contributed by atoms with Crippen LogP contribution >= 0.6 is 11.8 Å². The van der Waals surface area contributed by atoms with E-state index in [0.29, 0.717) is 30.0 Å². The Hall–Kier alpha value is -2.48. The lowest BCUT2D eigenvalue weighted by Crippen LogP contribution is -2.32. The van der Waals surface area contributed by atoms with Crippen molar-refractivity contribution in [2.24, 2.45) is 10.9 Å². The van der Waals surface area contributed by atoms with Crippen molar-refractivity contribution in [3.05, 3.63) is 40.8 Å². The first kappa shape index (κ1) is 17.0. The van der Waals surface area contributed by atoms with Gasteiger partial charge in [-0.2, -0.15) is 0 Å². The van der Waals surface area contributed by atoms with Crippen LogP contribution in [0.3, 0.4) is 0 Å². The van der Waals surface area contributed by atoms with Crippen LogP contribution < -0.4 is 10.5 Å². The first-order valence-electron chi connectivity index (χ1n) is 8.41. The molecule has 2 unspecified atom stereocenters. The average molecular weight is 369 g/mol. The maximum Gasteiger partial charge on any atom is 0.220 e. The molecule has 26 heavy (non-hydrogen) atoms. The van der Waals surface area contributed by atoms with Crippen LogP contribution in [-0.4, -0.2) is 39.4 Å². The molecular weight excluding hydrogens is 350 g/mol. The Bertz CT molecular complexity index is 901. The average Bonchev–Trinajstić information content (AvgIpc) is 3.10. The number of ketones is 1. The summed E-state index contributed by atoms with van der Waals surface area (Å²) in [6, 6.07) is 5.69. The lowest BCUT2D eigenvalue weighted by molar-refractivity contribution is 0.0937. The zero-order valence-electron chi connectivity index (χ0n) is 14.5. The molecule has 4 rings (SSSR count).